The van der Waals surface area contributed by atoms with Gasteiger partial charge in [0.05, 0.1) is 6.04 Å². The number of rotatable bonds is 5. The van der Waals surface area contributed by atoms with E-state index in [1.54, 1.807) is 4.90 Å². The molecule has 8 nitrogen and oxygen atoms in total. The van der Waals surface area contributed by atoms with Crippen molar-refractivity contribution < 1.29 is 35.9 Å². The van der Waals surface area contributed by atoms with Gasteiger partial charge in [-0.15, -0.1) is 0 Å². The van der Waals surface area contributed by atoms with Crippen LogP contribution in [0.15, 0.2) is 29.3 Å². The number of aromatic nitrogens is 2. The van der Waals surface area contributed by atoms with Crippen LogP contribution in [0.3, 0.4) is 0 Å². The van der Waals surface area contributed by atoms with Gasteiger partial charge >= 0.3 is 12.1 Å². The Morgan fingerprint density at radius 2 is 1.91 bits per heavy atom. The molecule has 0 saturated carbocycles. The number of nitrogens with zero attached hydrogens (tertiary/aromatic N) is 4. The van der Waals surface area contributed by atoms with Gasteiger partial charge < -0.3 is 14.9 Å². The van der Waals surface area contributed by atoms with E-state index in [0.717, 1.165) is 12.3 Å². The molecule has 1 aromatic carbocycles. The monoisotopic (exact) mass is 490 g/mol. The fraction of sp³-hybridized carbons (Fsp3) is 0.450. The van der Waals surface area contributed by atoms with Crippen LogP contribution in [-0.4, -0.2) is 61.4 Å². The maximum absolute atomic E-state index is 14.0. The molecule has 180 valence electrons. The van der Waals surface area contributed by atoms with E-state index in [2.05, 4.69) is 9.97 Å². The summed E-state index contributed by atoms with van der Waals surface area (Å²) in [6.07, 6.45) is -3.42. The second-order valence-corrected chi connectivity index (χ2v) is 10.1. The summed E-state index contributed by atoms with van der Waals surface area (Å²) in [7, 11) is -3.79. The largest absolute Gasteiger partial charge is 0.478 e. The zero-order valence-electron chi connectivity index (χ0n) is 18.0. The zero-order chi connectivity index (χ0) is 24.7. The molecule has 2 aromatic rings. The molecular formula is C20H22F4N4O4S. The first-order chi connectivity index (χ1) is 15.2. The quantitative estimate of drug-likeness (QED) is 0.638. The standard InChI is InChI=1S/C20H22F4N4O4S/c1-11(2)15-10-27(12-4-5-14(21)16(8-12)33(3,31)32)6-7-28(15)19-25-9-13(18(29)30)17(26-19)20(22,23)24/h4-5,8-9,11,15H,6-7,10H2,1-3H3,(H,29,30). The maximum Gasteiger partial charge on any atom is 0.434 e. The molecule has 1 aliphatic rings. The highest BCUT2D eigenvalue weighted by atomic mass is 32.2. The molecule has 1 unspecified atom stereocenters. The number of carboxylic acid groups (broad SMARTS) is 1. The van der Waals surface area contributed by atoms with E-state index in [-0.39, 0.29) is 37.5 Å². The predicted octanol–water partition coefficient (Wildman–Crippen LogP) is 3.09. The van der Waals surface area contributed by atoms with Gasteiger partial charge in [0.15, 0.2) is 15.5 Å². The summed E-state index contributed by atoms with van der Waals surface area (Å²) in [5.74, 6) is -2.98. The molecule has 1 aliphatic heterocycles. The van der Waals surface area contributed by atoms with Crippen molar-refractivity contribution in [3.63, 3.8) is 0 Å². The molecule has 3 rings (SSSR count). The van der Waals surface area contributed by atoms with E-state index in [4.69, 9.17) is 5.11 Å². The molecule has 13 heteroatoms. The Balaban J connectivity index is 1.96. The third-order valence-electron chi connectivity index (χ3n) is 5.40. The number of alkyl halides is 3. The van der Waals surface area contributed by atoms with Gasteiger partial charge in [0.1, 0.15) is 16.3 Å². The second-order valence-electron chi connectivity index (χ2n) is 8.07. The number of sulfone groups is 1. The predicted molar refractivity (Wildman–Crippen MR) is 112 cm³/mol. The summed E-state index contributed by atoms with van der Waals surface area (Å²) in [5.41, 5.74) is -2.10. The average Bonchev–Trinajstić information content (AvgIpc) is 2.71. The highest BCUT2D eigenvalue weighted by Gasteiger charge is 2.40. The van der Waals surface area contributed by atoms with E-state index in [9.17, 15) is 30.8 Å². The van der Waals surface area contributed by atoms with Gasteiger partial charge in [-0.2, -0.15) is 13.2 Å². The van der Waals surface area contributed by atoms with Crippen LogP contribution >= 0.6 is 0 Å². The topological polar surface area (TPSA) is 104 Å². The third-order valence-corrected chi connectivity index (χ3v) is 6.51. The number of carboxylic acids is 1. The molecule has 0 spiro atoms. The molecule has 0 amide bonds. The molecule has 0 bridgehead atoms. The molecule has 0 radical (unpaired) electrons. The van der Waals surface area contributed by atoms with Crippen molar-refractivity contribution in [2.75, 3.05) is 35.7 Å². The summed E-state index contributed by atoms with van der Waals surface area (Å²) >= 11 is 0. The lowest BCUT2D eigenvalue weighted by molar-refractivity contribution is -0.141. The van der Waals surface area contributed by atoms with Crippen molar-refractivity contribution in [3.8, 4) is 0 Å². The van der Waals surface area contributed by atoms with Gasteiger partial charge in [0.2, 0.25) is 5.95 Å². The van der Waals surface area contributed by atoms with E-state index in [0.29, 0.717) is 11.9 Å². The number of piperazine rings is 1. The van der Waals surface area contributed by atoms with Gasteiger partial charge in [-0.25, -0.2) is 27.6 Å². The molecule has 2 heterocycles. The van der Waals surface area contributed by atoms with Gasteiger partial charge in [0, 0.05) is 37.8 Å². The fourth-order valence-electron chi connectivity index (χ4n) is 3.72. The van der Waals surface area contributed by atoms with Crippen molar-refractivity contribution in [1.82, 2.24) is 9.97 Å². The minimum atomic E-state index is -4.98. The minimum Gasteiger partial charge on any atom is -0.478 e. The van der Waals surface area contributed by atoms with E-state index < -0.39 is 44.0 Å². The van der Waals surface area contributed by atoms with Crippen LogP contribution in [-0.2, 0) is 16.0 Å². The number of aromatic carboxylic acids is 1. The number of anilines is 2. The Morgan fingerprint density at radius 1 is 1.24 bits per heavy atom. The van der Waals surface area contributed by atoms with Crippen LogP contribution in [0, 0.1) is 11.7 Å². The Morgan fingerprint density at radius 3 is 2.45 bits per heavy atom. The SMILES string of the molecule is CC(C)C1CN(c2ccc(F)c(S(C)(=O)=O)c2)CCN1c1ncc(C(=O)O)c(C(F)(F)F)n1. The van der Waals surface area contributed by atoms with Crippen molar-refractivity contribution in [2.45, 2.75) is 31.0 Å². The van der Waals surface area contributed by atoms with E-state index >= 15 is 0 Å². The number of hydrogen-bond acceptors (Lipinski definition) is 7. The smallest absolute Gasteiger partial charge is 0.434 e. The molecule has 1 saturated heterocycles. The van der Waals surface area contributed by atoms with Crippen molar-refractivity contribution in [3.05, 3.63) is 41.5 Å². The molecule has 1 aromatic heterocycles. The summed E-state index contributed by atoms with van der Waals surface area (Å²) in [6.45, 7) is 4.42. The summed E-state index contributed by atoms with van der Waals surface area (Å²) < 4.78 is 77.9. The van der Waals surface area contributed by atoms with Crippen LogP contribution < -0.4 is 9.80 Å². The number of halogens is 4. The van der Waals surface area contributed by atoms with Gasteiger partial charge in [0.25, 0.3) is 0 Å². The Bertz CT molecular complexity index is 1170. The highest BCUT2D eigenvalue weighted by Crippen LogP contribution is 2.33. The summed E-state index contributed by atoms with van der Waals surface area (Å²) in [4.78, 5) is 21.5. The van der Waals surface area contributed by atoms with E-state index in [1.807, 2.05) is 18.7 Å². The van der Waals surface area contributed by atoms with Crippen LogP contribution in [0.4, 0.5) is 29.2 Å². The van der Waals surface area contributed by atoms with Crippen LogP contribution in [0.1, 0.15) is 29.9 Å². The van der Waals surface area contributed by atoms with Gasteiger partial charge in [-0.3, -0.25) is 0 Å². The summed E-state index contributed by atoms with van der Waals surface area (Å²) in [5, 5.41) is 9.06. The highest BCUT2D eigenvalue weighted by molar-refractivity contribution is 7.90. The Labute approximate surface area is 187 Å². The lowest BCUT2D eigenvalue weighted by Gasteiger charge is -2.44. The van der Waals surface area contributed by atoms with Crippen LogP contribution in [0.25, 0.3) is 0 Å². The lowest BCUT2D eigenvalue weighted by atomic mass is 9.99. The van der Waals surface area contributed by atoms with E-state index in [1.165, 1.54) is 12.1 Å². The number of benzene rings is 1. The summed E-state index contributed by atoms with van der Waals surface area (Å²) in [6, 6.07) is 3.35. The third kappa shape index (κ3) is 5.18. The maximum atomic E-state index is 14.0. The molecule has 1 fully saturated rings. The Kier molecular flexibility index (Phi) is 6.55. The van der Waals surface area contributed by atoms with Gasteiger partial charge in [-0.1, -0.05) is 13.8 Å². The van der Waals surface area contributed by atoms with Crippen molar-refractivity contribution >= 4 is 27.4 Å². The first-order valence-corrected chi connectivity index (χ1v) is 11.8. The fourth-order valence-corrected chi connectivity index (χ4v) is 4.48. The van der Waals surface area contributed by atoms with Gasteiger partial charge in [-0.05, 0) is 24.1 Å². The Hall–Kier alpha value is -2.96. The van der Waals surface area contributed by atoms with Crippen molar-refractivity contribution in [2.24, 2.45) is 5.92 Å². The first kappa shape index (κ1) is 24.7. The van der Waals surface area contributed by atoms with Crippen molar-refractivity contribution in [1.29, 1.82) is 0 Å². The number of hydrogen-bond donors (Lipinski definition) is 1. The number of carbonyl (C=O) groups is 1. The molecule has 33 heavy (non-hydrogen) atoms. The molecular weight excluding hydrogens is 468 g/mol. The lowest BCUT2D eigenvalue weighted by Crippen LogP contribution is -2.56. The molecule has 1 atom stereocenters. The molecule has 1 N–H and O–H groups in total. The van der Waals surface area contributed by atoms with Crippen LogP contribution in [0.5, 0.6) is 0 Å². The average molecular weight is 490 g/mol. The minimum absolute atomic E-state index is 0.0836. The normalized spacial score (nSPS) is 17.5. The van der Waals surface area contributed by atoms with Crippen LogP contribution in [0.2, 0.25) is 0 Å². The molecule has 0 aliphatic carbocycles. The zero-order valence-corrected chi connectivity index (χ0v) is 18.8. The second kappa shape index (κ2) is 8.76. The first-order valence-electron chi connectivity index (χ1n) is 9.89.